The molecular formula is C16H18FN. The minimum atomic E-state index is -0.197. The van der Waals surface area contributed by atoms with Crippen molar-refractivity contribution in [3.63, 3.8) is 0 Å². The zero-order valence-electron chi connectivity index (χ0n) is 10.8. The van der Waals surface area contributed by atoms with Gasteiger partial charge in [0.25, 0.3) is 0 Å². The Hall–Kier alpha value is -1.67. The van der Waals surface area contributed by atoms with Crippen molar-refractivity contribution < 1.29 is 4.39 Å². The third-order valence-electron chi connectivity index (χ3n) is 3.14. The van der Waals surface area contributed by atoms with E-state index in [2.05, 4.69) is 13.8 Å². The molecular weight excluding hydrogens is 225 g/mol. The van der Waals surface area contributed by atoms with Gasteiger partial charge in [0.2, 0.25) is 0 Å². The van der Waals surface area contributed by atoms with Crippen molar-refractivity contribution in [1.29, 1.82) is 0 Å². The van der Waals surface area contributed by atoms with Gasteiger partial charge in [0, 0.05) is 6.54 Å². The third-order valence-corrected chi connectivity index (χ3v) is 3.14. The molecule has 0 heterocycles. The highest BCUT2D eigenvalue weighted by Crippen LogP contribution is 2.30. The Balaban J connectivity index is 2.50. The molecule has 0 amide bonds. The van der Waals surface area contributed by atoms with Crippen LogP contribution >= 0.6 is 0 Å². The lowest BCUT2D eigenvalue weighted by Gasteiger charge is -2.13. The van der Waals surface area contributed by atoms with Crippen LogP contribution in [0, 0.1) is 5.82 Å². The predicted octanol–water partition coefficient (Wildman–Crippen LogP) is 4.07. The summed E-state index contributed by atoms with van der Waals surface area (Å²) in [4.78, 5) is 0. The molecule has 0 fully saturated rings. The van der Waals surface area contributed by atoms with E-state index in [4.69, 9.17) is 5.73 Å². The van der Waals surface area contributed by atoms with Gasteiger partial charge < -0.3 is 5.73 Å². The summed E-state index contributed by atoms with van der Waals surface area (Å²) in [6, 6.07) is 13.0. The highest BCUT2D eigenvalue weighted by molar-refractivity contribution is 5.68. The highest BCUT2D eigenvalue weighted by Gasteiger charge is 2.09. The van der Waals surface area contributed by atoms with Crippen molar-refractivity contribution in [2.45, 2.75) is 26.3 Å². The van der Waals surface area contributed by atoms with Gasteiger partial charge in [-0.15, -0.1) is 0 Å². The second-order valence-electron chi connectivity index (χ2n) is 4.79. The summed E-state index contributed by atoms with van der Waals surface area (Å²) in [5, 5.41) is 0. The molecule has 0 bridgehead atoms. The van der Waals surface area contributed by atoms with E-state index < -0.39 is 0 Å². The minimum absolute atomic E-state index is 0.197. The molecule has 0 atom stereocenters. The van der Waals surface area contributed by atoms with E-state index in [1.807, 2.05) is 30.3 Å². The molecule has 18 heavy (non-hydrogen) atoms. The van der Waals surface area contributed by atoms with E-state index in [1.54, 1.807) is 6.07 Å². The summed E-state index contributed by atoms with van der Waals surface area (Å²) >= 11 is 0. The second-order valence-corrected chi connectivity index (χ2v) is 4.79. The Bertz CT molecular complexity index is 529. The molecule has 0 spiro atoms. The van der Waals surface area contributed by atoms with Crippen LogP contribution in [0.5, 0.6) is 0 Å². The molecule has 0 unspecified atom stereocenters. The van der Waals surface area contributed by atoms with E-state index in [-0.39, 0.29) is 5.82 Å². The molecule has 0 radical (unpaired) electrons. The molecule has 94 valence electrons. The van der Waals surface area contributed by atoms with E-state index in [0.29, 0.717) is 12.5 Å². The van der Waals surface area contributed by atoms with Crippen LogP contribution in [0.15, 0.2) is 42.5 Å². The van der Waals surface area contributed by atoms with Crippen LogP contribution in [0.3, 0.4) is 0 Å². The predicted molar refractivity (Wildman–Crippen MR) is 73.8 cm³/mol. The standard InChI is InChI=1S/C16H18FN/c1-11(2)15-8-7-14(17)9-16(15)13-5-3-12(10-18)4-6-13/h3-9,11H,10,18H2,1-2H3. The van der Waals surface area contributed by atoms with Crippen LogP contribution in [-0.4, -0.2) is 0 Å². The van der Waals surface area contributed by atoms with Gasteiger partial charge in [0.15, 0.2) is 0 Å². The van der Waals surface area contributed by atoms with Gasteiger partial charge in [-0.25, -0.2) is 4.39 Å². The summed E-state index contributed by atoms with van der Waals surface area (Å²) in [6.07, 6.45) is 0. The Labute approximate surface area is 107 Å². The van der Waals surface area contributed by atoms with Gasteiger partial charge in [-0.3, -0.25) is 0 Å². The van der Waals surface area contributed by atoms with Crippen LogP contribution in [-0.2, 0) is 6.54 Å². The van der Waals surface area contributed by atoms with Crippen LogP contribution < -0.4 is 5.73 Å². The topological polar surface area (TPSA) is 26.0 Å². The maximum atomic E-state index is 13.4. The van der Waals surface area contributed by atoms with Crippen molar-refractivity contribution in [3.05, 3.63) is 59.4 Å². The largest absolute Gasteiger partial charge is 0.326 e. The van der Waals surface area contributed by atoms with Gasteiger partial charge in [-0.2, -0.15) is 0 Å². The molecule has 0 aliphatic carbocycles. The molecule has 1 nitrogen and oxygen atoms in total. The number of hydrogen-bond acceptors (Lipinski definition) is 1. The first kappa shape index (κ1) is 12.8. The van der Waals surface area contributed by atoms with E-state index >= 15 is 0 Å². The van der Waals surface area contributed by atoms with Crippen LogP contribution in [0.1, 0.15) is 30.9 Å². The van der Waals surface area contributed by atoms with Crippen molar-refractivity contribution in [1.82, 2.24) is 0 Å². The first-order valence-electron chi connectivity index (χ1n) is 6.20. The molecule has 2 aromatic carbocycles. The lowest BCUT2D eigenvalue weighted by atomic mass is 9.92. The van der Waals surface area contributed by atoms with Crippen molar-refractivity contribution in [2.75, 3.05) is 0 Å². The van der Waals surface area contributed by atoms with Gasteiger partial charge >= 0.3 is 0 Å². The Kier molecular flexibility index (Phi) is 3.78. The summed E-state index contributed by atoms with van der Waals surface area (Å²) in [5.74, 6) is 0.173. The Morgan fingerprint density at radius 3 is 2.28 bits per heavy atom. The summed E-state index contributed by atoms with van der Waals surface area (Å²) in [6.45, 7) is 4.76. The van der Waals surface area contributed by atoms with Crippen LogP contribution in [0.2, 0.25) is 0 Å². The Morgan fingerprint density at radius 2 is 1.72 bits per heavy atom. The molecule has 0 saturated carbocycles. The normalized spacial score (nSPS) is 10.9. The smallest absolute Gasteiger partial charge is 0.123 e. The van der Waals surface area contributed by atoms with E-state index in [1.165, 1.54) is 6.07 Å². The van der Waals surface area contributed by atoms with E-state index in [0.717, 1.165) is 22.3 Å². The van der Waals surface area contributed by atoms with Gasteiger partial charge in [0.1, 0.15) is 5.82 Å². The molecule has 0 aliphatic heterocycles. The third kappa shape index (κ3) is 2.59. The van der Waals surface area contributed by atoms with Crippen molar-refractivity contribution in [3.8, 4) is 11.1 Å². The summed E-state index contributed by atoms with van der Waals surface area (Å²) < 4.78 is 13.4. The lowest BCUT2D eigenvalue weighted by Crippen LogP contribution is -1.97. The average molecular weight is 243 g/mol. The first-order valence-corrected chi connectivity index (χ1v) is 6.20. The average Bonchev–Trinajstić information content (AvgIpc) is 2.38. The molecule has 0 saturated heterocycles. The zero-order valence-corrected chi connectivity index (χ0v) is 10.8. The molecule has 2 rings (SSSR count). The van der Waals surface area contributed by atoms with Gasteiger partial charge in [-0.1, -0.05) is 44.2 Å². The molecule has 0 aliphatic rings. The monoisotopic (exact) mass is 243 g/mol. The fraction of sp³-hybridized carbons (Fsp3) is 0.250. The molecule has 2 heteroatoms. The number of nitrogens with two attached hydrogens (primary N) is 1. The second kappa shape index (κ2) is 5.32. The van der Waals surface area contributed by atoms with Gasteiger partial charge in [0.05, 0.1) is 0 Å². The fourth-order valence-electron chi connectivity index (χ4n) is 2.10. The van der Waals surface area contributed by atoms with Crippen LogP contribution in [0.4, 0.5) is 4.39 Å². The summed E-state index contributed by atoms with van der Waals surface area (Å²) in [7, 11) is 0. The fourth-order valence-corrected chi connectivity index (χ4v) is 2.10. The lowest BCUT2D eigenvalue weighted by molar-refractivity contribution is 0.627. The maximum absolute atomic E-state index is 13.4. The van der Waals surface area contributed by atoms with Crippen molar-refractivity contribution in [2.24, 2.45) is 5.73 Å². The quantitative estimate of drug-likeness (QED) is 0.863. The Morgan fingerprint density at radius 1 is 1.06 bits per heavy atom. The number of rotatable bonds is 3. The zero-order chi connectivity index (χ0) is 13.1. The molecule has 2 N–H and O–H groups in total. The molecule has 0 aromatic heterocycles. The SMILES string of the molecule is CC(C)c1ccc(F)cc1-c1ccc(CN)cc1. The highest BCUT2D eigenvalue weighted by atomic mass is 19.1. The molecule has 2 aromatic rings. The number of benzene rings is 2. The van der Waals surface area contributed by atoms with Crippen molar-refractivity contribution >= 4 is 0 Å². The van der Waals surface area contributed by atoms with E-state index in [9.17, 15) is 4.39 Å². The van der Waals surface area contributed by atoms with Crippen LogP contribution in [0.25, 0.3) is 11.1 Å². The summed E-state index contributed by atoms with van der Waals surface area (Å²) in [5.41, 5.74) is 9.83. The first-order chi connectivity index (χ1) is 8.61. The maximum Gasteiger partial charge on any atom is 0.123 e. The van der Waals surface area contributed by atoms with Gasteiger partial charge in [-0.05, 0) is 40.3 Å². The minimum Gasteiger partial charge on any atom is -0.326 e. The number of hydrogen-bond donors (Lipinski definition) is 1. The number of halogens is 1.